The van der Waals surface area contributed by atoms with Gasteiger partial charge < -0.3 is 15.1 Å². The normalized spacial score (nSPS) is 14.5. The van der Waals surface area contributed by atoms with Crippen molar-refractivity contribution in [3.8, 4) is 0 Å². The SMILES string of the molecule is CCN1CCN(c2ccc(NC(=O)c3ccc(NS(=O)(=O)c4ccc(F)cc4)cc3)c(C)c2)CC1. The van der Waals surface area contributed by atoms with Crippen molar-refractivity contribution in [3.63, 3.8) is 0 Å². The summed E-state index contributed by atoms with van der Waals surface area (Å²) in [6, 6.07) is 16.7. The van der Waals surface area contributed by atoms with Crippen LogP contribution in [-0.4, -0.2) is 51.9 Å². The molecule has 0 saturated carbocycles. The summed E-state index contributed by atoms with van der Waals surface area (Å²) in [6.45, 7) is 9.27. The first kappa shape index (κ1) is 24.7. The molecule has 1 saturated heterocycles. The van der Waals surface area contributed by atoms with Crippen LogP contribution in [0.1, 0.15) is 22.8 Å². The quantitative estimate of drug-likeness (QED) is 0.509. The molecule has 3 aromatic rings. The summed E-state index contributed by atoms with van der Waals surface area (Å²) in [5.74, 6) is -0.802. The molecule has 1 aliphatic rings. The summed E-state index contributed by atoms with van der Waals surface area (Å²) in [5, 5.41) is 2.93. The topological polar surface area (TPSA) is 81.8 Å². The molecule has 184 valence electrons. The number of anilines is 3. The van der Waals surface area contributed by atoms with Crippen molar-refractivity contribution in [1.29, 1.82) is 0 Å². The lowest BCUT2D eigenvalue weighted by atomic mass is 10.1. The molecule has 7 nitrogen and oxygen atoms in total. The molecule has 3 aromatic carbocycles. The van der Waals surface area contributed by atoms with Crippen molar-refractivity contribution in [2.75, 3.05) is 47.7 Å². The van der Waals surface area contributed by atoms with Crippen LogP contribution in [0.2, 0.25) is 0 Å². The number of hydrogen-bond acceptors (Lipinski definition) is 5. The highest BCUT2D eigenvalue weighted by Crippen LogP contribution is 2.25. The number of likely N-dealkylation sites (N-methyl/N-ethyl adjacent to an activating group) is 1. The molecule has 0 bridgehead atoms. The average Bonchev–Trinajstić information content (AvgIpc) is 2.86. The van der Waals surface area contributed by atoms with Crippen molar-refractivity contribution < 1.29 is 17.6 Å². The lowest BCUT2D eigenvalue weighted by Crippen LogP contribution is -2.46. The third kappa shape index (κ3) is 5.98. The summed E-state index contributed by atoms with van der Waals surface area (Å²) >= 11 is 0. The molecule has 0 radical (unpaired) electrons. The van der Waals surface area contributed by atoms with Crippen LogP contribution in [-0.2, 0) is 10.0 Å². The van der Waals surface area contributed by atoms with Gasteiger partial charge in [-0.25, -0.2) is 12.8 Å². The molecule has 0 aliphatic carbocycles. The molecule has 0 unspecified atom stereocenters. The molecule has 0 aromatic heterocycles. The van der Waals surface area contributed by atoms with E-state index in [9.17, 15) is 17.6 Å². The van der Waals surface area contributed by atoms with Crippen molar-refractivity contribution in [2.24, 2.45) is 0 Å². The van der Waals surface area contributed by atoms with Crippen LogP contribution >= 0.6 is 0 Å². The molecule has 9 heteroatoms. The summed E-state index contributed by atoms with van der Waals surface area (Å²) in [5.41, 5.74) is 3.54. The van der Waals surface area contributed by atoms with E-state index in [-0.39, 0.29) is 10.8 Å². The van der Waals surface area contributed by atoms with Crippen molar-refractivity contribution in [3.05, 3.63) is 83.7 Å². The van der Waals surface area contributed by atoms with E-state index in [1.165, 1.54) is 24.3 Å². The number of piperazine rings is 1. The van der Waals surface area contributed by atoms with E-state index in [0.717, 1.165) is 61.8 Å². The highest BCUT2D eigenvalue weighted by atomic mass is 32.2. The van der Waals surface area contributed by atoms with Gasteiger partial charge in [-0.3, -0.25) is 9.52 Å². The molecule has 2 N–H and O–H groups in total. The fraction of sp³-hybridized carbons (Fsp3) is 0.269. The Labute approximate surface area is 205 Å². The van der Waals surface area contributed by atoms with Gasteiger partial charge in [0.1, 0.15) is 5.82 Å². The number of halogens is 1. The second kappa shape index (κ2) is 10.5. The molecule has 1 fully saturated rings. The predicted molar refractivity (Wildman–Crippen MR) is 137 cm³/mol. The Hall–Kier alpha value is -3.43. The van der Waals surface area contributed by atoms with E-state index in [1.54, 1.807) is 12.1 Å². The summed E-state index contributed by atoms with van der Waals surface area (Å²) in [6.07, 6.45) is 0. The lowest BCUT2D eigenvalue weighted by molar-refractivity contribution is 0.102. The number of amides is 1. The lowest BCUT2D eigenvalue weighted by Gasteiger charge is -2.35. The Morgan fingerprint density at radius 2 is 1.60 bits per heavy atom. The fourth-order valence-corrected chi connectivity index (χ4v) is 5.08. The van der Waals surface area contributed by atoms with Crippen LogP contribution in [0.25, 0.3) is 0 Å². The van der Waals surface area contributed by atoms with Gasteiger partial charge in [0.05, 0.1) is 4.90 Å². The van der Waals surface area contributed by atoms with Gasteiger partial charge in [-0.2, -0.15) is 0 Å². The van der Waals surface area contributed by atoms with Gasteiger partial charge in [-0.05, 0) is 85.8 Å². The number of carbonyl (C=O) groups is 1. The summed E-state index contributed by atoms with van der Waals surface area (Å²) in [4.78, 5) is 17.5. The van der Waals surface area contributed by atoms with Crippen molar-refractivity contribution in [1.82, 2.24) is 4.90 Å². The van der Waals surface area contributed by atoms with E-state index in [4.69, 9.17) is 0 Å². The third-order valence-electron chi connectivity index (χ3n) is 6.17. The maximum atomic E-state index is 13.1. The third-order valence-corrected chi connectivity index (χ3v) is 7.56. The van der Waals surface area contributed by atoms with Gasteiger partial charge in [-0.1, -0.05) is 6.92 Å². The Morgan fingerprint density at radius 3 is 2.20 bits per heavy atom. The molecule has 0 atom stereocenters. The highest BCUT2D eigenvalue weighted by molar-refractivity contribution is 7.92. The van der Waals surface area contributed by atoms with Crippen LogP contribution in [0.4, 0.5) is 21.5 Å². The van der Waals surface area contributed by atoms with Gasteiger partial charge in [0, 0.05) is 48.8 Å². The zero-order valence-corrected chi connectivity index (χ0v) is 20.6. The monoisotopic (exact) mass is 496 g/mol. The Balaban J connectivity index is 1.39. The maximum Gasteiger partial charge on any atom is 0.261 e. The Morgan fingerprint density at radius 1 is 0.943 bits per heavy atom. The molecule has 0 spiro atoms. The minimum Gasteiger partial charge on any atom is -0.369 e. The molecular formula is C26H29FN4O3S. The van der Waals surface area contributed by atoms with Crippen LogP contribution in [0.15, 0.2) is 71.6 Å². The van der Waals surface area contributed by atoms with Gasteiger partial charge in [0.25, 0.3) is 15.9 Å². The Kier molecular flexibility index (Phi) is 7.37. The average molecular weight is 497 g/mol. The molecule has 1 heterocycles. The summed E-state index contributed by atoms with van der Waals surface area (Å²) in [7, 11) is -3.86. The summed E-state index contributed by atoms with van der Waals surface area (Å²) < 4.78 is 40.4. The number of rotatable bonds is 7. The van der Waals surface area contributed by atoms with Crippen LogP contribution in [0.5, 0.6) is 0 Å². The van der Waals surface area contributed by atoms with Gasteiger partial charge in [0.2, 0.25) is 0 Å². The van der Waals surface area contributed by atoms with Gasteiger partial charge >= 0.3 is 0 Å². The van der Waals surface area contributed by atoms with E-state index >= 15 is 0 Å². The standard InChI is InChI=1S/C26H29FN4O3S/c1-3-30-14-16-31(17-15-30)23-10-13-25(19(2)18-23)28-26(32)20-4-8-22(9-5-20)29-35(33,34)24-11-6-21(27)7-12-24/h4-13,18,29H,3,14-17H2,1-2H3,(H,28,32). The predicted octanol–water partition coefficient (Wildman–Crippen LogP) is 4.33. The van der Waals surface area contributed by atoms with Crippen LogP contribution in [0.3, 0.4) is 0 Å². The number of hydrogen-bond donors (Lipinski definition) is 2. The van der Waals surface area contributed by atoms with Crippen molar-refractivity contribution in [2.45, 2.75) is 18.7 Å². The largest absolute Gasteiger partial charge is 0.369 e. The van der Waals surface area contributed by atoms with E-state index in [0.29, 0.717) is 11.3 Å². The minimum absolute atomic E-state index is 0.0492. The highest BCUT2D eigenvalue weighted by Gasteiger charge is 2.17. The Bertz CT molecular complexity index is 1290. The van der Waals surface area contributed by atoms with Crippen molar-refractivity contribution >= 4 is 33.0 Å². The fourth-order valence-electron chi connectivity index (χ4n) is 4.02. The van der Waals surface area contributed by atoms with Gasteiger partial charge in [-0.15, -0.1) is 0 Å². The zero-order valence-electron chi connectivity index (χ0n) is 19.8. The van der Waals surface area contributed by atoms with E-state index in [2.05, 4.69) is 32.8 Å². The maximum absolute atomic E-state index is 13.1. The number of sulfonamides is 1. The molecular weight excluding hydrogens is 467 g/mol. The second-order valence-electron chi connectivity index (χ2n) is 8.51. The first-order valence-electron chi connectivity index (χ1n) is 11.5. The number of nitrogens with one attached hydrogen (secondary N) is 2. The zero-order chi connectivity index (χ0) is 25.0. The van der Waals surface area contributed by atoms with E-state index < -0.39 is 15.8 Å². The number of nitrogens with zero attached hydrogens (tertiary/aromatic N) is 2. The molecule has 1 amide bonds. The number of aryl methyl sites for hydroxylation is 1. The van der Waals surface area contributed by atoms with Gasteiger partial charge in [0.15, 0.2) is 0 Å². The molecule has 4 rings (SSSR count). The van der Waals surface area contributed by atoms with Crippen LogP contribution < -0.4 is 14.9 Å². The second-order valence-corrected chi connectivity index (χ2v) is 10.2. The number of benzene rings is 3. The van der Waals surface area contributed by atoms with E-state index in [1.807, 2.05) is 19.1 Å². The molecule has 1 aliphatic heterocycles. The number of carbonyl (C=O) groups excluding carboxylic acids is 1. The molecule has 35 heavy (non-hydrogen) atoms. The first-order valence-corrected chi connectivity index (χ1v) is 13.0. The smallest absolute Gasteiger partial charge is 0.261 e. The first-order chi connectivity index (χ1) is 16.7. The van der Waals surface area contributed by atoms with Crippen LogP contribution in [0, 0.1) is 12.7 Å². The minimum atomic E-state index is -3.86.